The van der Waals surface area contributed by atoms with Gasteiger partial charge in [0.15, 0.2) is 5.82 Å². The molecule has 1 aliphatic rings. The number of nitrogens with zero attached hydrogens (tertiary/aromatic N) is 2. The van der Waals surface area contributed by atoms with Crippen molar-refractivity contribution in [3.05, 3.63) is 29.3 Å². The number of hydrogen-bond acceptors (Lipinski definition) is 6. The Morgan fingerprint density at radius 1 is 1.14 bits per heavy atom. The Morgan fingerprint density at radius 2 is 1.86 bits per heavy atom. The average molecular weight is 320 g/mol. The highest BCUT2D eigenvalue weighted by atomic mass is 35.5. The van der Waals surface area contributed by atoms with Crippen molar-refractivity contribution in [2.45, 2.75) is 18.9 Å². The molecular formula is C15H18ClN5O. The van der Waals surface area contributed by atoms with Gasteiger partial charge >= 0.3 is 0 Å². The fourth-order valence-electron chi connectivity index (χ4n) is 2.49. The molecule has 0 bridgehead atoms. The number of anilines is 3. The van der Waals surface area contributed by atoms with Gasteiger partial charge in [-0.1, -0.05) is 29.8 Å². The monoisotopic (exact) mass is 319 g/mol. The van der Waals surface area contributed by atoms with Gasteiger partial charge in [0.2, 0.25) is 5.95 Å². The van der Waals surface area contributed by atoms with Gasteiger partial charge in [0.1, 0.15) is 11.4 Å². The topological polar surface area (TPSA) is 99.1 Å². The van der Waals surface area contributed by atoms with Crippen LogP contribution in [0.15, 0.2) is 24.3 Å². The van der Waals surface area contributed by atoms with E-state index in [9.17, 15) is 0 Å². The van der Waals surface area contributed by atoms with Crippen molar-refractivity contribution in [1.29, 1.82) is 0 Å². The number of nitrogens with one attached hydrogen (secondary N) is 1. The summed E-state index contributed by atoms with van der Waals surface area (Å²) >= 11 is 6.23. The highest BCUT2D eigenvalue weighted by Crippen LogP contribution is 2.34. The second kappa shape index (κ2) is 6.37. The van der Waals surface area contributed by atoms with Crippen LogP contribution in [0.2, 0.25) is 5.02 Å². The lowest BCUT2D eigenvalue weighted by Crippen LogP contribution is -2.29. The van der Waals surface area contributed by atoms with Gasteiger partial charge in [0.05, 0.1) is 5.02 Å². The summed E-state index contributed by atoms with van der Waals surface area (Å²) in [5, 5.41) is 3.91. The standard InChI is InChI=1S/C15H18ClN5O/c16-11-4-2-1-3-10(11)13-12(17)14(21-15(18)20-13)19-9-5-7-22-8-6-9/h1-4,9H,5-8,17H2,(H3,18,19,20,21). The minimum absolute atomic E-state index is 0.165. The maximum absolute atomic E-state index is 6.24. The van der Waals surface area contributed by atoms with Gasteiger partial charge in [0.25, 0.3) is 0 Å². The van der Waals surface area contributed by atoms with E-state index in [-0.39, 0.29) is 12.0 Å². The molecule has 0 saturated carbocycles. The molecule has 1 aliphatic heterocycles. The van der Waals surface area contributed by atoms with E-state index in [1.807, 2.05) is 18.2 Å². The van der Waals surface area contributed by atoms with Gasteiger partial charge in [-0.3, -0.25) is 0 Å². The lowest BCUT2D eigenvalue weighted by atomic mass is 10.1. The van der Waals surface area contributed by atoms with Crippen LogP contribution < -0.4 is 16.8 Å². The first-order valence-corrected chi connectivity index (χ1v) is 7.55. The summed E-state index contributed by atoms with van der Waals surface area (Å²) in [4.78, 5) is 8.48. The Bertz CT molecular complexity index is 673. The molecule has 1 saturated heterocycles. The number of nitrogen functional groups attached to an aromatic ring is 2. The summed E-state index contributed by atoms with van der Waals surface area (Å²) in [6.07, 6.45) is 1.82. The Balaban J connectivity index is 1.96. The fraction of sp³-hybridized carbons (Fsp3) is 0.333. The molecule has 3 rings (SSSR count). The van der Waals surface area contributed by atoms with Gasteiger partial charge in [0, 0.05) is 24.8 Å². The van der Waals surface area contributed by atoms with Crippen LogP contribution in [0.5, 0.6) is 0 Å². The molecule has 0 radical (unpaired) electrons. The molecular weight excluding hydrogens is 302 g/mol. The molecule has 6 nitrogen and oxygen atoms in total. The number of nitrogens with two attached hydrogens (primary N) is 2. The van der Waals surface area contributed by atoms with Crippen molar-refractivity contribution in [3.8, 4) is 11.3 Å². The predicted octanol–water partition coefficient (Wildman–Crippen LogP) is 2.55. The van der Waals surface area contributed by atoms with Crippen LogP contribution in [0, 0.1) is 0 Å². The third-order valence-corrected chi connectivity index (χ3v) is 3.98. The zero-order valence-corrected chi connectivity index (χ0v) is 12.8. The van der Waals surface area contributed by atoms with Crippen LogP contribution in [-0.2, 0) is 4.74 Å². The summed E-state index contributed by atoms with van der Waals surface area (Å²) < 4.78 is 5.35. The van der Waals surface area contributed by atoms with E-state index in [0.29, 0.717) is 22.2 Å². The summed E-state index contributed by atoms with van der Waals surface area (Å²) in [5.74, 6) is 0.716. The molecule has 0 amide bonds. The third-order valence-electron chi connectivity index (χ3n) is 3.65. The predicted molar refractivity (Wildman–Crippen MR) is 88.8 cm³/mol. The zero-order chi connectivity index (χ0) is 15.5. The van der Waals surface area contributed by atoms with Crippen molar-refractivity contribution >= 4 is 29.1 Å². The first-order valence-electron chi connectivity index (χ1n) is 7.17. The SMILES string of the molecule is Nc1nc(NC2CCOCC2)c(N)c(-c2ccccc2Cl)n1. The Morgan fingerprint density at radius 3 is 2.59 bits per heavy atom. The first-order chi connectivity index (χ1) is 10.6. The van der Waals surface area contributed by atoms with Crippen LogP contribution in [0.3, 0.4) is 0 Å². The van der Waals surface area contributed by atoms with E-state index in [2.05, 4.69) is 15.3 Å². The van der Waals surface area contributed by atoms with Crippen molar-refractivity contribution in [3.63, 3.8) is 0 Å². The first kappa shape index (κ1) is 14.9. The zero-order valence-electron chi connectivity index (χ0n) is 12.1. The van der Waals surface area contributed by atoms with Crippen LogP contribution in [0.4, 0.5) is 17.5 Å². The largest absolute Gasteiger partial charge is 0.394 e. The quantitative estimate of drug-likeness (QED) is 0.804. The molecule has 0 unspecified atom stereocenters. The van der Waals surface area contributed by atoms with Crippen LogP contribution in [-0.4, -0.2) is 29.2 Å². The summed E-state index contributed by atoms with van der Waals surface area (Å²) in [5.41, 5.74) is 13.8. The number of ether oxygens (including phenoxy) is 1. The lowest BCUT2D eigenvalue weighted by Gasteiger charge is -2.24. The van der Waals surface area contributed by atoms with Crippen LogP contribution in [0.1, 0.15) is 12.8 Å². The molecule has 0 atom stereocenters. The van der Waals surface area contributed by atoms with Crippen molar-refractivity contribution in [1.82, 2.24) is 9.97 Å². The molecule has 0 spiro atoms. The van der Waals surface area contributed by atoms with Gasteiger partial charge < -0.3 is 21.5 Å². The van der Waals surface area contributed by atoms with E-state index in [1.54, 1.807) is 6.07 Å². The van der Waals surface area contributed by atoms with Crippen LogP contribution >= 0.6 is 11.6 Å². The lowest BCUT2D eigenvalue weighted by molar-refractivity contribution is 0.0904. The number of halogens is 1. The number of rotatable bonds is 3. The summed E-state index contributed by atoms with van der Waals surface area (Å²) in [6, 6.07) is 7.65. The van der Waals surface area contributed by atoms with E-state index >= 15 is 0 Å². The third kappa shape index (κ3) is 3.08. The molecule has 2 heterocycles. The van der Waals surface area contributed by atoms with Crippen molar-refractivity contribution < 1.29 is 4.74 Å². The molecule has 22 heavy (non-hydrogen) atoms. The van der Waals surface area contributed by atoms with E-state index in [1.165, 1.54) is 0 Å². The highest BCUT2D eigenvalue weighted by Gasteiger charge is 2.19. The highest BCUT2D eigenvalue weighted by molar-refractivity contribution is 6.33. The van der Waals surface area contributed by atoms with Gasteiger partial charge in [-0.2, -0.15) is 4.98 Å². The van der Waals surface area contributed by atoms with Crippen LogP contribution in [0.25, 0.3) is 11.3 Å². The molecule has 116 valence electrons. The average Bonchev–Trinajstić information content (AvgIpc) is 2.52. The Kier molecular flexibility index (Phi) is 4.31. The number of benzene rings is 1. The van der Waals surface area contributed by atoms with Gasteiger partial charge in [-0.05, 0) is 18.9 Å². The molecule has 5 N–H and O–H groups in total. The summed E-state index contributed by atoms with van der Waals surface area (Å²) in [7, 11) is 0. The normalized spacial score (nSPS) is 15.7. The molecule has 1 fully saturated rings. The summed E-state index contributed by atoms with van der Waals surface area (Å²) in [6.45, 7) is 1.46. The smallest absolute Gasteiger partial charge is 0.222 e. The maximum atomic E-state index is 6.24. The van der Waals surface area contributed by atoms with Gasteiger partial charge in [-0.15, -0.1) is 0 Å². The van der Waals surface area contributed by atoms with E-state index in [4.69, 9.17) is 27.8 Å². The maximum Gasteiger partial charge on any atom is 0.222 e. The molecule has 1 aromatic heterocycles. The molecule has 0 aliphatic carbocycles. The minimum Gasteiger partial charge on any atom is -0.394 e. The van der Waals surface area contributed by atoms with Crippen molar-refractivity contribution in [2.24, 2.45) is 0 Å². The second-order valence-corrected chi connectivity index (χ2v) is 5.61. The Labute approximate surface area is 133 Å². The van der Waals surface area contributed by atoms with E-state index < -0.39 is 0 Å². The molecule has 2 aromatic rings. The van der Waals surface area contributed by atoms with E-state index in [0.717, 1.165) is 31.6 Å². The van der Waals surface area contributed by atoms with Gasteiger partial charge in [-0.25, -0.2) is 4.98 Å². The van der Waals surface area contributed by atoms with Crippen molar-refractivity contribution in [2.75, 3.05) is 30.0 Å². The minimum atomic E-state index is 0.165. The Hall–Kier alpha value is -2.05. The molecule has 7 heteroatoms. The number of aromatic nitrogens is 2. The fourth-order valence-corrected chi connectivity index (χ4v) is 2.72. The molecule has 1 aromatic carbocycles. The number of hydrogen-bond donors (Lipinski definition) is 3. The second-order valence-electron chi connectivity index (χ2n) is 5.20.